The molecule has 1 aromatic carbocycles. The molecule has 0 unspecified atom stereocenters. The lowest BCUT2D eigenvalue weighted by atomic mass is 10.3. The molecular formula is C7H7ClNO3S-. The summed E-state index contributed by atoms with van der Waals surface area (Å²) in [5, 5.41) is 2.92. The molecule has 0 aliphatic heterocycles. The topological polar surface area (TPSA) is 69.2 Å². The van der Waals surface area contributed by atoms with Crippen molar-refractivity contribution in [1.29, 1.82) is 0 Å². The van der Waals surface area contributed by atoms with Gasteiger partial charge in [-0.1, -0.05) is 17.7 Å². The lowest BCUT2D eigenvalue weighted by Crippen LogP contribution is -2.13. The SMILES string of the molecule is O=S(=O)([O-])CNc1cccc(Cl)c1. The van der Waals surface area contributed by atoms with Crippen molar-refractivity contribution < 1.29 is 13.0 Å². The lowest BCUT2D eigenvalue weighted by Gasteiger charge is -2.09. The quantitative estimate of drug-likeness (QED) is 0.779. The van der Waals surface area contributed by atoms with Gasteiger partial charge in [-0.2, -0.15) is 0 Å². The molecule has 0 atom stereocenters. The van der Waals surface area contributed by atoms with Crippen molar-refractivity contribution in [2.24, 2.45) is 0 Å². The molecule has 0 aromatic heterocycles. The summed E-state index contributed by atoms with van der Waals surface area (Å²) in [6.07, 6.45) is 0. The molecule has 13 heavy (non-hydrogen) atoms. The summed E-state index contributed by atoms with van der Waals surface area (Å²) < 4.78 is 30.7. The maximum absolute atomic E-state index is 10.2. The zero-order valence-electron chi connectivity index (χ0n) is 6.53. The molecule has 0 saturated carbocycles. The third kappa shape index (κ3) is 4.12. The molecule has 0 fully saturated rings. The van der Waals surface area contributed by atoms with Crippen LogP contribution in [-0.2, 0) is 10.1 Å². The van der Waals surface area contributed by atoms with Crippen LogP contribution in [0.2, 0.25) is 5.02 Å². The van der Waals surface area contributed by atoms with Crippen molar-refractivity contribution >= 4 is 27.4 Å². The molecule has 0 amide bonds. The van der Waals surface area contributed by atoms with E-state index >= 15 is 0 Å². The molecule has 72 valence electrons. The van der Waals surface area contributed by atoms with Crippen LogP contribution >= 0.6 is 11.6 Å². The number of anilines is 1. The monoisotopic (exact) mass is 220 g/mol. The molecule has 0 aliphatic rings. The van der Waals surface area contributed by atoms with E-state index in [2.05, 4.69) is 5.32 Å². The molecule has 0 aliphatic carbocycles. The van der Waals surface area contributed by atoms with Gasteiger partial charge in [0.1, 0.15) is 16.0 Å². The Bertz CT molecular complexity index is 390. The molecule has 4 nitrogen and oxygen atoms in total. The molecular weight excluding hydrogens is 214 g/mol. The zero-order valence-corrected chi connectivity index (χ0v) is 8.10. The first-order valence-electron chi connectivity index (χ1n) is 3.40. The van der Waals surface area contributed by atoms with Crippen molar-refractivity contribution in [2.75, 3.05) is 11.2 Å². The van der Waals surface area contributed by atoms with Crippen LogP contribution in [0.15, 0.2) is 24.3 Å². The minimum atomic E-state index is -4.24. The first-order valence-corrected chi connectivity index (χ1v) is 5.36. The van der Waals surface area contributed by atoms with E-state index in [9.17, 15) is 13.0 Å². The zero-order chi connectivity index (χ0) is 9.90. The van der Waals surface area contributed by atoms with Crippen LogP contribution in [0.25, 0.3) is 0 Å². The van der Waals surface area contributed by atoms with Crippen molar-refractivity contribution in [1.82, 2.24) is 0 Å². The number of hydrogen-bond acceptors (Lipinski definition) is 4. The highest BCUT2D eigenvalue weighted by atomic mass is 35.5. The second kappa shape index (κ2) is 3.95. The number of nitrogens with one attached hydrogen (secondary N) is 1. The molecule has 1 aromatic rings. The molecule has 1 rings (SSSR count). The Kier molecular flexibility index (Phi) is 3.13. The smallest absolute Gasteiger partial charge is 0.113 e. The Morgan fingerprint density at radius 1 is 1.46 bits per heavy atom. The van der Waals surface area contributed by atoms with Crippen molar-refractivity contribution in [3.63, 3.8) is 0 Å². The van der Waals surface area contributed by atoms with E-state index in [1.165, 1.54) is 6.07 Å². The summed E-state index contributed by atoms with van der Waals surface area (Å²) in [4.78, 5) is 0. The van der Waals surface area contributed by atoms with Gasteiger partial charge in [-0.15, -0.1) is 0 Å². The molecule has 0 saturated heterocycles. The highest BCUT2D eigenvalue weighted by Gasteiger charge is 1.95. The Balaban J connectivity index is 2.65. The van der Waals surface area contributed by atoms with Crippen molar-refractivity contribution in [3.8, 4) is 0 Å². The minimum absolute atomic E-state index is 0.480. The van der Waals surface area contributed by atoms with E-state index < -0.39 is 16.0 Å². The van der Waals surface area contributed by atoms with Crippen molar-refractivity contribution in [3.05, 3.63) is 29.3 Å². The first kappa shape index (κ1) is 10.3. The summed E-state index contributed by atoms with van der Waals surface area (Å²) in [5.41, 5.74) is 0.506. The molecule has 6 heteroatoms. The van der Waals surface area contributed by atoms with Gasteiger partial charge < -0.3 is 9.87 Å². The minimum Gasteiger partial charge on any atom is -0.747 e. The summed E-state index contributed by atoms with van der Waals surface area (Å²) in [6, 6.07) is 6.46. The van der Waals surface area contributed by atoms with E-state index in [1.54, 1.807) is 18.2 Å². The fourth-order valence-corrected chi connectivity index (χ4v) is 1.30. The van der Waals surface area contributed by atoms with Crippen LogP contribution in [0.5, 0.6) is 0 Å². The van der Waals surface area contributed by atoms with Gasteiger partial charge in [0.05, 0.1) is 0 Å². The fourth-order valence-electron chi connectivity index (χ4n) is 0.770. The standard InChI is InChI=1S/C7H8ClNO3S/c8-6-2-1-3-7(4-6)9-5-13(10,11)12/h1-4,9H,5H2,(H,10,11,12)/p-1. The Morgan fingerprint density at radius 3 is 2.69 bits per heavy atom. The van der Waals surface area contributed by atoms with Crippen LogP contribution in [0.1, 0.15) is 0 Å². The van der Waals surface area contributed by atoms with Gasteiger partial charge in [-0.05, 0) is 18.2 Å². The van der Waals surface area contributed by atoms with Crippen LogP contribution in [0.4, 0.5) is 5.69 Å². The van der Waals surface area contributed by atoms with Gasteiger partial charge in [0.2, 0.25) is 0 Å². The molecule has 0 spiro atoms. The van der Waals surface area contributed by atoms with Crippen LogP contribution in [0.3, 0.4) is 0 Å². The van der Waals surface area contributed by atoms with E-state index in [0.29, 0.717) is 10.7 Å². The van der Waals surface area contributed by atoms with Crippen LogP contribution in [0, 0.1) is 0 Å². The predicted molar refractivity (Wildman–Crippen MR) is 49.6 cm³/mol. The van der Waals surface area contributed by atoms with Gasteiger partial charge in [-0.3, -0.25) is 0 Å². The van der Waals surface area contributed by atoms with Crippen LogP contribution in [-0.4, -0.2) is 18.8 Å². The van der Waals surface area contributed by atoms with E-state index in [0.717, 1.165) is 0 Å². The van der Waals surface area contributed by atoms with Crippen LogP contribution < -0.4 is 5.32 Å². The highest BCUT2D eigenvalue weighted by Crippen LogP contribution is 2.14. The van der Waals surface area contributed by atoms with E-state index in [1.807, 2.05) is 0 Å². The third-order valence-electron chi connectivity index (χ3n) is 1.28. The van der Waals surface area contributed by atoms with Gasteiger partial charge >= 0.3 is 0 Å². The second-order valence-electron chi connectivity index (χ2n) is 2.39. The Hall–Kier alpha value is -0.780. The lowest BCUT2D eigenvalue weighted by molar-refractivity contribution is 0.465. The average Bonchev–Trinajstić information content (AvgIpc) is 2.00. The van der Waals surface area contributed by atoms with E-state index in [-0.39, 0.29) is 0 Å². The third-order valence-corrected chi connectivity index (χ3v) is 2.01. The second-order valence-corrected chi connectivity index (χ2v) is 4.23. The number of hydrogen-bond donors (Lipinski definition) is 1. The summed E-state index contributed by atoms with van der Waals surface area (Å²) in [5.74, 6) is -0.632. The molecule has 0 bridgehead atoms. The molecule has 0 heterocycles. The number of benzene rings is 1. The first-order chi connectivity index (χ1) is 5.97. The van der Waals surface area contributed by atoms with Gasteiger partial charge in [0.25, 0.3) is 0 Å². The Morgan fingerprint density at radius 2 is 2.15 bits per heavy atom. The number of rotatable bonds is 3. The van der Waals surface area contributed by atoms with Gasteiger partial charge in [0, 0.05) is 10.7 Å². The summed E-state index contributed by atoms with van der Waals surface area (Å²) in [7, 11) is -4.24. The summed E-state index contributed by atoms with van der Waals surface area (Å²) in [6.45, 7) is 0. The largest absolute Gasteiger partial charge is 0.747 e. The van der Waals surface area contributed by atoms with Crippen molar-refractivity contribution in [2.45, 2.75) is 0 Å². The summed E-state index contributed by atoms with van der Waals surface area (Å²) >= 11 is 5.63. The average molecular weight is 221 g/mol. The fraction of sp³-hybridized carbons (Fsp3) is 0.143. The van der Waals surface area contributed by atoms with Gasteiger partial charge in [-0.25, -0.2) is 8.42 Å². The van der Waals surface area contributed by atoms with E-state index in [4.69, 9.17) is 11.6 Å². The highest BCUT2D eigenvalue weighted by molar-refractivity contribution is 7.85. The Labute approximate surface area is 81.3 Å². The molecule has 1 N–H and O–H groups in total. The van der Waals surface area contributed by atoms with Gasteiger partial charge in [0.15, 0.2) is 0 Å². The maximum atomic E-state index is 10.2. The number of halogens is 1. The maximum Gasteiger partial charge on any atom is 0.113 e. The predicted octanol–water partition coefficient (Wildman–Crippen LogP) is 1.25. The normalized spacial score (nSPS) is 11.2. The molecule has 0 radical (unpaired) electrons.